The van der Waals surface area contributed by atoms with E-state index in [0.29, 0.717) is 52.5 Å². The predicted molar refractivity (Wildman–Crippen MR) is 127 cm³/mol. The minimum absolute atomic E-state index is 0.00495. The first-order valence-corrected chi connectivity index (χ1v) is 11.4. The Bertz CT molecular complexity index is 1140. The summed E-state index contributed by atoms with van der Waals surface area (Å²) >= 11 is 12.3. The van der Waals surface area contributed by atoms with Gasteiger partial charge in [-0.05, 0) is 61.0 Å². The summed E-state index contributed by atoms with van der Waals surface area (Å²) in [4.78, 5) is 28.3. The van der Waals surface area contributed by atoms with E-state index in [9.17, 15) is 9.59 Å². The van der Waals surface area contributed by atoms with Crippen molar-refractivity contribution >= 4 is 34.9 Å². The van der Waals surface area contributed by atoms with Crippen molar-refractivity contribution in [3.8, 4) is 5.75 Å². The summed E-state index contributed by atoms with van der Waals surface area (Å²) in [5.74, 6) is 1.36. The second kappa shape index (κ2) is 10.4. The summed E-state index contributed by atoms with van der Waals surface area (Å²) in [5, 5.41) is 1.27. The minimum Gasteiger partial charge on any atom is -0.486 e. The van der Waals surface area contributed by atoms with Gasteiger partial charge in [0.25, 0.3) is 5.91 Å². The molecule has 1 fully saturated rings. The number of Topliss-reactive ketones (excluding diaryl/α,β-unsaturated/α-hetero) is 1. The maximum atomic E-state index is 12.9. The van der Waals surface area contributed by atoms with Gasteiger partial charge in [0.2, 0.25) is 0 Å². The average molecular weight is 487 g/mol. The van der Waals surface area contributed by atoms with Crippen molar-refractivity contribution in [2.75, 3.05) is 26.2 Å². The first-order valence-electron chi connectivity index (χ1n) is 10.7. The Hall–Kier alpha value is -2.80. The van der Waals surface area contributed by atoms with Gasteiger partial charge in [-0.1, -0.05) is 29.3 Å². The minimum atomic E-state index is -0.128. The van der Waals surface area contributed by atoms with Crippen LogP contribution < -0.4 is 4.74 Å². The number of carbonyl (C=O) groups is 2. The zero-order valence-electron chi connectivity index (χ0n) is 18.2. The van der Waals surface area contributed by atoms with Crippen molar-refractivity contribution in [3.05, 3.63) is 87.3 Å². The third kappa shape index (κ3) is 5.96. The molecule has 0 aliphatic carbocycles. The van der Waals surface area contributed by atoms with E-state index in [1.54, 1.807) is 47.4 Å². The molecule has 0 atom stereocenters. The zero-order chi connectivity index (χ0) is 23.4. The van der Waals surface area contributed by atoms with Crippen molar-refractivity contribution in [1.29, 1.82) is 0 Å². The van der Waals surface area contributed by atoms with Crippen molar-refractivity contribution in [2.45, 2.75) is 20.1 Å². The van der Waals surface area contributed by atoms with Gasteiger partial charge in [0.1, 0.15) is 18.1 Å². The fourth-order valence-electron chi connectivity index (χ4n) is 3.67. The Balaban J connectivity index is 1.27. The van der Waals surface area contributed by atoms with E-state index < -0.39 is 0 Å². The van der Waals surface area contributed by atoms with Gasteiger partial charge < -0.3 is 14.1 Å². The van der Waals surface area contributed by atoms with Gasteiger partial charge in [0, 0.05) is 48.3 Å². The van der Waals surface area contributed by atoms with Crippen molar-refractivity contribution in [3.63, 3.8) is 0 Å². The number of hydrogen-bond donors (Lipinski definition) is 0. The highest BCUT2D eigenvalue weighted by atomic mass is 35.5. The highest BCUT2D eigenvalue weighted by molar-refractivity contribution is 6.35. The monoisotopic (exact) mass is 486 g/mol. The van der Waals surface area contributed by atoms with Gasteiger partial charge >= 0.3 is 0 Å². The van der Waals surface area contributed by atoms with E-state index >= 15 is 0 Å². The molecular weight excluding hydrogens is 463 g/mol. The molecule has 33 heavy (non-hydrogen) atoms. The Morgan fingerprint density at radius 2 is 1.70 bits per heavy atom. The van der Waals surface area contributed by atoms with Crippen LogP contribution in [0, 0.1) is 0 Å². The summed E-state index contributed by atoms with van der Waals surface area (Å²) in [6.07, 6.45) is 0. The highest BCUT2D eigenvalue weighted by Gasteiger charge is 2.24. The number of ether oxygens (including phenoxy) is 1. The van der Waals surface area contributed by atoms with E-state index in [4.69, 9.17) is 32.4 Å². The number of nitrogens with zero attached hydrogens (tertiary/aromatic N) is 2. The van der Waals surface area contributed by atoms with Crippen LogP contribution in [0.3, 0.4) is 0 Å². The number of carbonyl (C=O) groups excluding carboxylic acids is 2. The standard InChI is InChI=1S/C25H24Cl2N2O4/c1-17(30)18-3-6-21(7-4-18)32-16-22-8-9-24(33-22)25(31)29-12-10-28(11-13-29)15-19-2-5-20(26)14-23(19)27/h2-9,14H,10-13,15-16H2,1H3. The fraction of sp³-hybridized carbons (Fsp3) is 0.280. The lowest BCUT2D eigenvalue weighted by Gasteiger charge is -2.34. The molecule has 1 amide bonds. The van der Waals surface area contributed by atoms with Gasteiger partial charge in [0.05, 0.1) is 0 Å². The number of rotatable bonds is 7. The number of hydrogen-bond acceptors (Lipinski definition) is 5. The topological polar surface area (TPSA) is 63.0 Å². The Kier molecular flexibility index (Phi) is 7.38. The Morgan fingerprint density at radius 1 is 0.970 bits per heavy atom. The first-order chi connectivity index (χ1) is 15.9. The number of halogens is 2. The molecule has 8 heteroatoms. The number of piperazine rings is 1. The normalized spacial score (nSPS) is 14.3. The molecule has 172 valence electrons. The largest absolute Gasteiger partial charge is 0.486 e. The smallest absolute Gasteiger partial charge is 0.289 e. The van der Waals surface area contributed by atoms with E-state index in [1.165, 1.54) is 6.92 Å². The number of ketones is 1. The average Bonchev–Trinajstić information content (AvgIpc) is 3.29. The third-order valence-corrected chi connectivity index (χ3v) is 6.17. The fourth-order valence-corrected chi connectivity index (χ4v) is 4.13. The molecule has 4 rings (SSSR count). The van der Waals surface area contributed by atoms with Crippen LogP contribution in [-0.2, 0) is 13.2 Å². The summed E-state index contributed by atoms with van der Waals surface area (Å²) < 4.78 is 11.4. The van der Waals surface area contributed by atoms with Crippen molar-refractivity contribution < 1.29 is 18.7 Å². The Morgan fingerprint density at radius 3 is 2.36 bits per heavy atom. The second-order valence-electron chi connectivity index (χ2n) is 7.94. The van der Waals surface area contributed by atoms with Crippen LogP contribution in [0.25, 0.3) is 0 Å². The van der Waals surface area contributed by atoms with Gasteiger partial charge in [-0.2, -0.15) is 0 Å². The van der Waals surface area contributed by atoms with Gasteiger partial charge in [-0.3, -0.25) is 14.5 Å². The molecule has 3 aromatic rings. The van der Waals surface area contributed by atoms with Crippen LogP contribution in [0.4, 0.5) is 0 Å². The molecule has 0 bridgehead atoms. The molecule has 6 nitrogen and oxygen atoms in total. The first kappa shape index (κ1) is 23.4. The van der Waals surface area contributed by atoms with Gasteiger partial charge in [0.15, 0.2) is 11.5 Å². The molecule has 2 heterocycles. The lowest BCUT2D eigenvalue weighted by atomic mass is 10.1. The zero-order valence-corrected chi connectivity index (χ0v) is 19.7. The van der Waals surface area contributed by atoms with Crippen LogP contribution in [0.2, 0.25) is 10.0 Å². The molecule has 2 aromatic carbocycles. The quantitative estimate of drug-likeness (QED) is 0.422. The van der Waals surface area contributed by atoms with E-state index in [1.807, 2.05) is 12.1 Å². The predicted octanol–water partition coefficient (Wildman–Crippen LogP) is 5.33. The molecule has 0 spiro atoms. The summed E-state index contributed by atoms with van der Waals surface area (Å²) in [6, 6.07) is 15.9. The van der Waals surface area contributed by atoms with Crippen LogP contribution in [-0.4, -0.2) is 47.7 Å². The molecule has 1 aromatic heterocycles. The number of amides is 1. The third-order valence-electron chi connectivity index (χ3n) is 5.58. The molecule has 0 radical (unpaired) electrons. The SMILES string of the molecule is CC(=O)c1ccc(OCc2ccc(C(=O)N3CCN(Cc4ccc(Cl)cc4Cl)CC3)o2)cc1. The highest BCUT2D eigenvalue weighted by Crippen LogP contribution is 2.23. The maximum absolute atomic E-state index is 12.9. The van der Waals surface area contributed by atoms with Crippen LogP contribution in [0.15, 0.2) is 59.0 Å². The molecule has 0 saturated carbocycles. The summed E-state index contributed by atoms with van der Waals surface area (Å²) in [6.45, 7) is 5.15. The van der Waals surface area contributed by atoms with Crippen molar-refractivity contribution in [1.82, 2.24) is 9.80 Å². The molecular formula is C25H24Cl2N2O4. The lowest BCUT2D eigenvalue weighted by molar-refractivity contribution is 0.0594. The maximum Gasteiger partial charge on any atom is 0.289 e. The summed E-state index contributed by atoms with van der Waals surface area (Å²) in [5.41, 5.74) is 1.65. The van der Waals surface area contributed by atoms with Gasteiger partial charge in [-0.25, -0.2) is 0 Å². The number of benzene rings is 2. The lowest BCUT2D eigenvalue weighted by Crippen LogP contribution is -2.48. The molecule has 0 unspecified atom stereocenters. The van der Waals surface area contributed by atoms with E-state index in [-0.39, 0.29) is 18.3 Å². The summed E-state index contributed by atoms with van der Waals surface area (Å²) in [7, 11) is 0. The molecule has 1 aliphatic heterocycles. The number of furan rings is 1. The van der Waals surface area contributed by atoms with Crippen molar-refractivity contribution in [2.24, 2.45) is 0 Å². The van der Waals surface area contributed by atoms with Crippen LogP contribution >= 0.6 is 23.2 Å². The van der Waals surface area contributed by atoms with Crippen LogP contribution in [0.1, 0.15) is 39.2 Å². The van der Waals surface area contributed by atoms with Crippen LogP contribution in [0.5, 0.6) is 5.75 Å². The molecule has 1 saturated heterocycles. The van der Waals surface area contributed by atoms with E-state index in [2.05, 4.69) is 4.90 Å². The van der Waals surface area contributed by atoms with E-state index in [0.717, 1.165) is 18.7 Å². The Labute approximate surface area is 202 Å². The van der Waals surface area contributed by atoms with Gasteiger partial charge in [-0.15, -0.1) is 0 Å². The molecule has 1 aliphatic rings. The molecule has 0 N–H and O–H groups in total. The second-order valence-corrected chi connectivity index (χ2v) is 8.78.